The van der Waals surface area contributed by atoms with E-state index >= 15 is 0 Å². The lowest BCUT2D eigenvalue weighted by molar-refractivity contribution is 0.443. The van der Waals surface area contributed by atoms with Crippen molar-refractivity contribution in [2.45, 2.75) is 50.9 Å². The first kappa shape index (κ1) is 13.9. The van der Waals surface area contributed by atoms with Crippen LogP contribution in [0.4, 0.5) is 5.69 Å². The fourth-order valence-corrected chi connectivity index (χ4v) is 5.22. The van der Waals surface area contributed by atoms with Gasteiger partial charge in [0.2, 0.25) is 0 Å². The van der Waals surface area contributed by atoms with Gasteiger partial charge in [-0.15, -0.1) is 0 Å². The average molecular weight is 387 g/mol. The van der Waals surface area contributed by atoms with Crippen LogP contribution in [-0.2, 0) is 0 Å². The van der Waals surface area contributed by atoms with E-state index in [1.165, 1.54) is 78.2 Å². The molecule has 0 unspecified atom stereocenters. The molecule has 1 aliphatic heterocycles. The molecule has 19 heavy (non-hydrogen) atoms. The quantitative estimate of drug-likeness (QED) is 0.615. The minimum atomic E-state index is 0.772. The molecule has 104 valence electrons. The van der Waals surface area contributed by atoms with Gasteiger partial charge in [-0.25, -0.2) is 0 Å². The Morgan fingerprint density at radius 3 is 2.00 bits per heavy atom. The molecule has 1 aromatic carbocycles. The van der Waals surface area contributed by atoms with E-state index in [-0.39, 0.29) is 0 Å². The molecule has 2 aliphatic rings. The molecular formula is C16H21Br2N. The van der Waals surface area contributed by atoms with Crippen LogP contribution in [0.5, 0.6) is 0 Å². The maximum Gasteiger partial charge on any atom is 0.0655 e. The monoisotopic (exact) mass is 385 g/mol. The SMILES string of the molecule is Brc1cc(C2CCCCC2)cc(Br)c1N1CCCC1. The summed E-state index contributed by atoms with van der Waals surface area (Å²) in [5, 5.41) is 0. The Kier molecular flexibility index (Phi) is 4.53. The maximum atomic E-state index is 3.80. The summed E-state index contributed by atoms with van der Waals surface area (Å²) >= 11 is 7.61. The summed E-state index contributed by atoms with van der Waals surface area (Å²) in [6.07, 6.45) is 9.59. The van der Waals surface area contributed by atoms with Gasteiger partial charge in [0.05, 0.1) is 5.69 Å². The topological polar surface area (TPSA) is 3.24 Å². The van der Waals surface area contributed by atoms with Crippen LogP contribution >= 0.6 is 31.9 Å². The summed E-state index contributed by atoms with van der Waals surface area (Å²) in [4.78, 5) is 2.50. The third kappa shape index (κ3) is 3.02. The van der Waals surface area contributed by atoms with Gasteiger partial charge in [-0.2, -0.15) is 0 Å². The van der Waals surface area contributed by atoms with Crippen molar-refractivity contribution in [3.8, 4) is 0 Å². The number of anilines is 1. The molecule has 0 bridgehead atoms. The summed E-state index contributed by atoms with van der Waals surface area (Å²) < 4.78 is 2.54. The normalized spacial score (nSPS) is 21.1. The van der Waals surface area contributed by atoms with Crippen molar-refractivity contribution in [1.82, 2.24) is 0 Å². The number of rotatable bonds is 2. The van der Waals surface area contributed by atoms with Gasteiger partial charge in [-0.1, -0.05) is 19.3 Å². The van der Waals surface area contributed by atoms with Crippen molar-refractivity contribution in [1.29, 1.82) is 0 Å². The Morgan fingerprint density at radius 2 is 1.42 bits per heavy atom. The molecule has 0 atom stereocenters. The van der Waals surface area contributed by atoms with Crippen LogP contribution < -0.4 is 4.90 Å². The molecule has 1 saturated carbocycles. The van der Waals surface area contributed by atoms with E-state index in [9.17, 15) is 0 Å². The average Bonchev–Trinajstić information content (AvgIpc) is 2.93. The van der Waals surface area contributed by atoms with Crippen molar-refractivity contribution in [2.75, 3.05) is 18.0 Å². The first-order chi connectivity index (χ1) is 9.25. The fourth-order valence-electron chi connectivity index (χ4n) is 3.50. The Balaban J connectivity index is 1.88. The molecular weight excluding hydrogens is 366 g/mol. The summed E-state index contributed by atoms with van der Waals surface area (Å²) in [6, 6.07) is 4.74. The van der Waals surface area contributed by atoms with Crippen LogP contribution in [0.3, 0.4) is 0 Å². The lowest BCUT2D eigenvalue weighted by Gasteiger charge is -2.26. The van der Waals surface area contributed by atoms with Crippen molar-refractivity contribution in [3.05, 3.63) is 26.6 Å². The van der Waals surface area contributed by atoms with Gasteiger partial charge in [0.15, 0.2) is 0 Å². The molecule has 2 fully saturated rings. The summed E-state index contributed by atoms with van der Waals surface area (Å²) in [5.41, 5.74) is 2.87. The largest absolute Gasteiger partial charge is 0.370 e. The molecule has 1 aliphatic carbocycles. The maximum absolute atomic E-state index is 3.80. The van der Waals surface area contributed by atoms with Gasteiger partial charge in [-0.05, 0) is 81.2 Å². The number of hydrogen-bond donors (Lipinski definition) is 0. The van der Waals surface area contributed by atoms with E-state index in [0.29, 0.717) is 0 Å². The second-order valence-corrected chi connectivity index (χ2v) is 7.57. The fraction of sp³-hybridized carbons (Fsp3) is 0.625. The van der Waals surface area contributed by atoms with Gasteiger partial charge in [0.25, 0.3) is 0 Å². The summed E-state index contributed by atoms with van der Waals surface area (Å²) in [6.45, 7) is 2.39. The number of nitrogens with zero attached hydrogens (tertiary/aromatic N) is 1. The van der Waals surface area contributed by atoms with E-state index in [0.717, 1.165) is 5.92 Å². The van der Waals surface area contributed by atoms with Gasteiger partial charge >= 0.3 is 0 Å². The van der Waals surface area contributed by atoms with Crippen molar-refractivity contribution in [3.63, 3.8) is 0 Å². The van der Waals surface area contributed by atoms with Crippen molar-refractivity contribution < 1.29 is 0 Å². The molecule has 1 saturated heterocycles. The predicted octanol–water partition coefficient (Wildman–Crippen LogP) is 5.86. The molecule has 0 spiro atoms. The zero-order chi connectivity index (χ0) is 13.2. The van der Waals surface area contributed by atoms with E-state index in [2.05, 4.69) is 48.9 Å². The summed E-state index contributed by atoms with van der Waals surface area (Å²) in [7, 11) is 0. The first-order valence-electron chi connectivity index (χ1n) is 7.49. The van der Waals surface area contributed by atoms with E-state index in [1.54, 1.807) is 0 Å². The van der Waals surface area contributed by atoms with Crippen molar-refractivity contribution >= 4 is 37.5 Å². The molecule has 1 aromatic rings. The molecule has 0 radical (unpaired) electrons. The lowest BCUT2D eigenvalue weighted by atomic mass is 9.84. The van der Waals surface area contributed by atoms with Gasteiger partial charge in [0.1, 0.15) is 0 Å². The minimum absolute atomic E-state index is 0.772. The Hall–Kier alpha value is -0.0200. The van der Waals surface area contributed by atoms with Crippen LogP contribution in [0.25, 0.3) is 0 Å². The first-order valence-corrected chi connectivity index (χ1v) is 9.08. The van der Waals surface area contributed by atoms with Crippen LogP contribution in [0, 0.1) is 0 Å². The van der Waals surface area contributed by atoms with Gasteiger partial charge < -0.3 is 4.90 Å². The van der Waals surface area contributed by atoms with Crippen molar-refractivity contribution in [2.24, 2.45) is 0 Å². The highest BCUT2D eigenvalue weighted by Crippen LogP contribution is 2.41. The zero-order valence-corrected chi connectivity index (χ0v) is 14.5. The Labute approximate surface area is 133 Å². The van der Waals surface area contributed by atoms with Crippen LogP contribution in [0.2, 0.25) is 0 Å². The molecule has 0 aromatic heterocycles. The third-order valence-corrected chi connectivity index (χ3v) is 5.75. The highest BCUT2D eigenvalue weighted by molar-refractivity contribution is 9.11. The molecule has 3 heteroatoms. The summed E-state index contributed by atoms with van der Waals surface area (Å²) in [5.74, 6) is 0.772. The Morgan fingerprint density at radius 1 is 0.842 bits per heavy atom. The molecule has 0 N–H and O–H groups in total. The predicted molar refractivity (Wildman–Crippen MR) is 89.1 cm³/mol. The second kappa shape index (κ2) is 6.17. The Bertz CT molecular complexity index is 423. The van der Waals surface area contributed by atoms with Crippen LogP contribution in [0.1, 0.15) is 56.4 Å². The molecule has 3 rings (SSSR count). The van der Waals surface area contributed by atoms with E-state index < -0.39 is 0 Å². The molecule has 0 amide bonds. The van der Waals surface area contributed by atoms with E-state index in [1.807, 2.05) is 0 Å². The third-order valence-electron chi connectivity index (χ3n) is 4.54. The highest BCUT2D eigenvalue weighted by Gasteiger charge is 2.21. The van der Waals surface area contributed by atoms with Crippen LogP contribution in [-0.4, -0.2) is 13.1 Å². The highest BCUT2D eigenvalue weighted by atomic mass is 79.9. The standard InChI is InChI=1S/C16H21Br2N/c17-14-10-13(12-6-2-1-3-7-12)11-15(18)16(14)19-8-4-5-9-19/h10-12H,1-9H2. The van der Waals surface area contributed by atoms with Crippen LogP contribution in [0.15, 0.2) is 21.1 Å². The smallest absolute Gasteiger partial charge is 0.0655 e. The zero-order valence-electron chi connectivity index (χ0n) is 11.3. The lowest BCUT2D eigenvalue weighted by Crippen LogP contribution is -2.19. The minimum Gasteiger partial charge on any atom is -0.370 e. The number of hydrogen-bond acceptors (Lipinski definition) is 1. The van der Waals surface area contributed by atoms with E-state index in [4.69, 9.17) is 0 Å². The number of halogens is 2. The molecule has 1 heterocycles. The molecule has 1 nitrogen and oxygen atoms in total. The number of benzene rings is 1. The second-order valence-electron chi connectivity index (χ2n) is 5.86. The van der Waals surface area contributed by atoms with Gasteiger partial charge in [0, 0.05) is 22.0 Å². The van der Waals surface area contributed by atoms with Gasteiger partial charge in [-0.3, -0.25) is 0 Å².